The van der Waals surface area contributed by atoms with Gasteiger partial charge in [-0.2, -0.15) is 10.1 Å². The molecule has 5 rings (SSSR count). The Hall–Kier alpha value is -4.27. The van der Waals surface area contributed by atoms with E-state index in [0.29, 0.717) is 35.7 Å². The molecule has 9 nitrogen and oxygen atoms in total. The van der Waals surface area contributed by atoms with Crippen LogP contribution in [0.15, 0.2) is 66.3 Å². The summed E-state index contributed by atoms with van der Waals surface area (Å²) in [4.78, 5) is 36.5. The first-order chi connectivity index (χ1) is 17.9. The Morgan fingerprint density at radius 2 is 1.86 bits per heavy atom. The molecule has 1 heterocycles. The molecule has 1 saturated heterocycles. The van der Waals surface area contributed by atoms with Gasteiger partial charge in [0.05, 0.1) is 29.6 Å². The van der Waals surface area contributed by atoms with Crippen molar-refractivity contribution in [3.05, 3.63) is 88.0 Å². The number of benzene rings is 2. The van der Waals surface area contributed by atoms with Gasteiger partial charge in [-0.15, -0.1) is 6.58 Å². The number of fused-ring (bicyclic) bond motifs is 5. The van der Waals surface area contributed by atoms with E-state index in [9.17, 15) is 19.7 Å². The third-order valence-electron chi connectivity index (χ3n) is 7.09. The van der Waals surface area contributed by atoms with Gasteiger partial charge in [0.25, 0.3) is 17.5 Å². The van der Waals surface area contributed by atoms with Gasteiger partial charge in [0.15, 0.2) is 11.5 Å². The predicted molar refractivity (Wildman–Crippen MR) is 136 cm³/mol. The van der Waals surface area contributed by atoms with Crippen molar-refractivity contribution in [2.45, 2.75) is 26.4 Å². The molecule has 0 spiro atoms. The van der Waals surface area contributed by atoms with E-state index in [4.69, 9.17) is 9.47 Å². The first-order valence-electron chi connectivity index (χ1n) is 12.3. The Balaban J connectivity index is 1.39. The number of nitro benzene ring substituents is 1. The van der Waals surface area contributed by atoms with Crippen LogP contribution in [-0.4, -0.2) is 34.6 Å². The summed E-state index contributed by atoms with van der Waals surface area (Å²) >= 11 is 0. The molecular formula is C28H27N3O6. The second kappa shape index (κ2) is 10.0. The Bertz CT molecular complexity index is 1300. The number of imide groups is 1. The van der Waals surface area contributed by atoms with Crippen LogP contribution in [-0.2, 0) is 22.6 Å². The lowest BCUT2D eigenvalue weighted by Gasteiger charge is -2.17. The molecule has 2 aliphatic carbocycles. The maximum Gasteiger partial charge on any atom is 0.269 e. The molecule has 0 radical (unpaired) electrons. The highest BCUT2D eigenvalue weighted by molar-refractivity contribution is 6.06. The molecule has 1 aliphatic heterocycles. The monoisotopic (exact) mass is 501 g/mol. The SMILES string of the molecule is C=CCc1cc(C=NN2C(=O)[C@@H]3[C@H](C2=O)[C@H]2C=C[C@H]3C2)cc(OCC)c1OCc1cccc([N+](=O)[O-])c1. The quantitative estimate of drug-likeness (QED) is 0.156. The van der Waals surface area contributed by atoms with Gasteiger partial charge in [-0.25, -0.2) is 0 Å². The average Bonchev–Trinajstić information content (AvgIpc) is 3.57. The van der Waals surface area contributed by atoms with Crippen LogP contribution < -0.4 is 9.47 Å². The minimum Gasteiger partial charge on any atom is -0.490 e. The van der Waals surface area contributed by atoms with Crippen molar-refractivity contribution in [3.63, 3.8) is 0 Å². The van der Waals surface area contributed by atoms with Crippen LogP contribution in [0.3, 0.4) is 0 Å². The van der Waals surface area contributed by atoms with Crippen LogP contribution >= 0.6 is 0 Å². The number of hydrogen-bond donors (Lipinski definition) is 0. The fourth-order valence-electron chi connectivity index (χ4n) is 5.53. The lowest BCUT2D eigenvalue weighted by molar-refractivity contribution is -0.384. The summed E-state index contributed by atoms with van der Waals surface area (Å²) in [6.45, 7) is 6.16. The van der Waals surface area contributed by atoms with E-state index in [-0.39, 0.29) is 47.8 Å². The van der Waals surface area contributed by atoms with Crippen molar-refractivity contribution < 1.29 is 24.0 Å². The van der Waals surface area contributed by atoms with E-state index in [1.807, 2.05) is 25.1 Å². The van der Waals surface area contributed by atoms with Gasteiger partial charge >= 0.3 is 0 Å². The molecule has 0 aromatic heterocycles. The van der Waals surface area contributed by atoms with Crippen LogP contribution in [0.5, 0.6) is 11.5 Å². The molecule has 3 aliphatic rings. The van der Waals surface area contributed by atoms with Gasteiger partial charge < -0.3 is 9.47 Å². The Morgan fingerprint density at radius 3 is 2.51 bits per heavy atom. The van der Waals surface area contributed by atoms with Gasteiger partial charge in [0.2, 0.25) is 0 Å². The Kier molecular flexibility index (Phi) is 6.60. The fourth-order valence-corrected chi connectivity index (χ4v) is 5.53. The smallest absolute Gasteiger partial charge is 0.269 e. The summed E-state index contributed by atoms with van der Waals surface area (Å²) in [5, 5.41) is 16.4. The third kappa shape index (κ3) is 4.52. The molecule has 2 amide bonds. The number of rotatable bonds is 10. The predicted octanol–water partition coefficient (Wildman–Crippen LogP) is 4.44. The van der Waals surface area contributed by atoms with Crippen molar-refractivity contribution in [2.24, 2.45) is 28.8 Å². The lowest BCUT2D eigenvalue weighted by atomic mass is 9.85. The van der Waals surface area contributed by atoms with Crippen molar-refractivity contribution in [1.29, 1.82) is 0 Å². The molecular weight excluding hydrogens is 474 g/mol. The van der Waals surface area contributed by atoms with Gasteiger partial charge in [0.1, 0.15) is 6.61 Å². The second-order valence-electron chi connectivity index (χ2n) is 9.38. The van der Waals surface area contributed by atoms with E-state index in [1.165, 1.54) is 18.3 Å². The number of amides is 2. The standard InChI is InChI=1S/C28H27N3O6/c1-3-6-21-11-18(15-29-30-27(32)24-19-9-10-20(14-19)25(24)28(30)33)13-23(36-4-2)26(21)37-16-17-7-5-8-22(12-17)31(34)35/h3,5,7-13,15,19-20,24-25H,1,4,6,14,16H2,2H3/t19-,20-,24-,25+/m0/s1. The van der Waals surface area contributed by atoms with E-state index in [0.717, 1.165) is 17.0 Å². The van der Waals surface area contributed by atoms with Crippen molar-refractivity contribution >= 4 is 23.7 Å². The minimum atomic E-state index is -0.448. The zero-order valence-electron chi connectivity index (χ0n) is 20.4. The first kappa shape index (κ1) is 24.4. The molecule has 0 N–H and O–H groups in total. The highest BCUT2D eigenvalue weighted by Crippen LogP contribution is 2.52. The molecule has 0 unspecified atom stereocenters. The molecule has 2 aromatic carbocycles. The van der Waals surface area contributed by atoms with Gasteiger partial charge in [-0.1, -0.05) is 30.4 Å². The number of carbonyl (C=O) groups is 2. The highest BCUT2D eigenvalue weighted by Gasteiger charge is 2.59. The summed E-state index contributed by atoms with van der Waals surface area (Å²) in [7, 11) is 0. The summed E-state index contributed by atoms with van der Waals surface area (Å²) in [5.41, 5.74) is 2.04. The van der Waals surface area contributed by atoms with Gasteiger partial charge in [-0.3, -0.25) is 19.7 Å². The molecule has 2 aromatic rings. The Morgan fingerprint density at radius 1 is 1.14 bits per heavy atom. The van der Waals surface area contributed by atoms with Crippen LogP contribution in [0, 0.1) is 33.8 Å². The van der Waals surface area contributed by atoms with Crippen molar-refractivity contribution in [2.75, 3.05) is 6.61 Å². The highest BCUT2D eigenvalue weighted by atomic mass is 16.6. The topological polar surface area (TPSA) is 111 Å². The Labute approximate surface area is 214 Å². The maximum absolute atomic E-state index is 12.9. The summed E-state index contributed by atoms with van der Waals surface area (Å²) in [5.74, 6) is 0.116. The number of non-ortho nitro benzene ring substituents is 1. The normalized spacial score (nSPS) is 23.6. The van der Waals surface area contributed by atoms with Crippen LogP contribution in [0.2, 0.25) is 0 Å². The van der Waals surface area contributed by atoms with E-state index in [1.54, 1.807) is 24.3 Å². The summed E-state index contributed by atoms with van der Waals surface area (Å²) in [6, 6.07) is 9.84. The summed E-state index contributed by atoms with van der Waals surface area (Å²) < 4.78 is 11.9. The first-order valence-corrected chi connectivity index (χ1v) is 12.3. The van der Waals surface area contributed by atoms with E-state index in [2.05, 4.69) is 11.7 Å². The number of hydrogen-bond acceptors (Lipinski definition) is 7. The zero-order valence-corrected chi connectivity index (χ0v) is 20.4. The molecule has 2 fully saturated rings. The maximum atomic E-state index is 12.9. The number of nitro groups is 1. The number of ether oxygens (including phenoxy) is 2. The van der Waals surface area contributed by atoms with Crippen molar-refractivity contribution in [1.82, 2.24) is 5.01 Å². The largest absolute Gasteiger partial charge is 0.490 e. The zero-order chi connectivity index (χ0) is 26.1. The van der Waals surface area contributed by atoms with E-state index >= 15 is 0 Å². The minimum absolute atomic E-state index is 0.0112. The fraction of sp³-hybridized carbons (Fsp3) is 0.321. The molecule has 2 bridgehead atoms. The van der Waals surface area contributed by atoms with Gasteiger partial charge in [0, 0.05) is 17.7 Å². The molecule has 4 atom stereocenters. The number of carbonyl (C=O) groups excluding carboxylic acids is 2. The number of hydrazone groups is 1. The van der Waals surface area contributed by atoms with Crippen LogP contribution in [0.1, 0.15) is 30.0 Å². The van der Waals surface area contributed by atoms with Crippen LogP contribution in [0.4, 0.5) is 5.69 Å². The number of allylic oxidation sites excluding steroid dienone is 3. The molecule has 190 valence electrons. The molecule has 37 heavy (non-hydrogen) atoms. The van der Waals surface area contributed by atoms with Gasteiger partial charge in [-0.05, 0) is 54.9 Å². The second-order valence-corrected chi connectivity index (χ2v) is 9.38. The lowest BCUT2D eigenvalue weighted by Crippen LogP contribution is -2.28. The van der Waals surface area contributed by atoms with E-state index < -0.39 is 4.92 Å². The van der Waals surface area contributed by atoms with Crippen molar-refractivity contribution in [3.8, 4) is 11.5 Å². The summed E-state index contributed by atoms with van der Waals surface area (Å²) in [6.07, 6.45) is 8.64. The average molecular weight is 502 g/mol. The van der Waals surface area contributed by atoms with Crippen LogP contribution in [0.25, 0.3) is 0 Å². The molecule has 1 saturated carbocycles. The third-order valence-corrected chi connectivity index (χ3v) is 7.09. The molecule has 9 heteroatoms. The number of nitrogens with zero attached hydrogens (tertiary/aromatic N) is 3.